The van der Waals surface area contributed by atoms with Gasteiger partial charge in [-0.25, -0.2) is 13.1 Å². The number of carbonyl (C=O) groups is 1. The second-order valence-electron chi connectivity index (χ2n) is 8.21. The number of nitrogens with one attached hydrogen (secondary N) is 1. The number of sulfonamides is 1. The Morgan fingerprint density at radius 1 is 1.10 bits per heavy atom. The predicted molar refractivity (Wildman–Crippen MR) is 112 cm³/mol. The number of hydrogen-bond acceptors (Lipinski definition) is 4. The number of rotatable bonds is 5. The summed E-state index contributed by atoms with van der Waals surface area (Å²) in [6.07, 6.45) is -0.199. The van der Waals surface area contributed by atoms with E-state index in [1.807, 2.05) is 42.5 Å². The molecule has 1 N–H and O–H groups in total. The van der Waals surface area contributed by atoms with Crippen LogP contribution in [0.1, 0.15) is 38.0 Å². The van der Waals surface area contributed by atoms with Crippen LogP contribution in [0.15, 0.2) is 59.5 Å². The Hall–Kier alpha value is -2.22. The predicted octanol–water partition coefficient (Wildman–Crippen LogP) is 2.86. The maximum atomic E-state index is 12.6. The van der Waals surface area contributed by atoms with Crippen molar-refractivity contribution in [1.29, 1.82) is 0 Å². The van der Waals surface area contributed by atoms with Crippen molar-refractivity contribution in [3.8, 4) is 0 Å². The molecule has 7 heteroatoms. The molecule has 1 fully saturated rings. The third kappa shape index (κ3) is 5.44. The van der Waals surface area contributed by atoms with Gasteiger partial charge in [-0.05, 0) is 28.7 Å². The van der Waals surface area contributed by atoms with Gasteiger partial charge < -0.3 is 9.64 Å². The topological polar surface area (TPSA) is 75.7 Å². The van der Waals surface area contributed by atoms with Crippen LogP contribution in [0.3, 0.4) is 0 Å². The van der Waals surface area contributed by atoms with E-state index in [9.17, 15) is 13.2 Å². The number of benzene rings is 2. The molecule has 1 amide bonds. The van der Waals surface area contributed by atoms with Crippen molar-refractivity contribution in [2.75, 3.05) is 26.2 Å². The Balaban J connectivity index is 1.60. The summed E-state index contributed by atoms with van der Waals surface area (Å²) in [4.78, 5) is 14.4. The zero-order valence-electron chi connectivity index (χ0n) is 17.1. The lowest BCUT2D eigenvalue weighted by molar-refractivity contribution is -0.137. The van der Waals surface area contributed by atoms with Crippen LogP contribution in [-0.2, 0) is 25.0 Å². The van der Waals surface area contributed by atoms with Gasteiger partial charge in [-0.2, -0.15) is 0 Å². The second kappa shape index (κ2) is 8.65. The Morgan fingerprint density at radius 2 is 1.76 bits per heavy atom. The van der Waals surface area contributed by atoms with E-state index >= 15 is 0 Å². The first-order chi connectivity index (χ1) is 13.7. The van der Waals surface area contributed by atoms with Gasteiger partial charge in [0.15, 0.2) is 0 Å². The van der Waals surface area contributed by atoms with Crippen molar-refractivity contribution in [1.82, 2.24) is 9.62 Å². The van der Waals surface area contributed by atoms with Crippen LogP contribution in [0.5, 0.6) is 0 Å². The molecule has 0 radical (unpaired) electrons. The van der Waals surface area contributed by atoms with Gasteiger partial charge in [0, 0.05) is 6.54 Å². The summed E-state index contributed by atoms with van der Waals surface area (Å²) in [6.45, 7) is 7.21. The highest BCUT2D eigenvalue weighted by atomic mass is 32.2. The summed E-state index contributed by atoms with van der Waals surface area (Å²) in [5.74, 6) is -0.260. The smallest absolute Gasteiger partial charge is 0.241 e. The van der Waals surface area contributed by atoms with Crippen molar-refractivity contribution < 1.29 is 17.9 Å². The molecule has 1 saturated heterocycles. The van der Waals surface area contributed by atoms with E-state index in [2.05, 4.69) is 25.5 Å². The zero-order chi connectivity index (χ0) is 21.1. The second-order valence-corrected chi connectivity index (χ2v) is 9.98. The first-order valence-corrected chi connectivity index (χ1v) is 11.2. The van der Waals surface area contributed by atoms with Crippen molar-refractivity contribution in [2.24, 2.45) is 0 Å². The summed E-state index contributed by atoms with van der Waals surface area (Å²) >= 11 is 0. The fraction of sp³-hybridized carbons (Fsp3) is 0.409. The van der Waals surface area contributed by atoms with E-state index in [1.54, 1.807) is 17.0 Å². The Kier molecular flexibility index (Phi) is 6.41. The van der Waals surface area contributed by atoms with E-state index in [4.69, 9.17) is 4.74 Å². The number of nitrogens with zero attached hydrogens (tertiary/aromatic N) is 1. The maximum Gasteiger partial charge on any atom is 0.241 e. The van der Waals surface area contributed by atoms with Crippen molar-refractivity contribution in [3.05, 3.63) is 65.7 Å². The largest absolute Gasteiger partial charge is 0.370 e. The molecule has 0 aliphatic carbocycles. The van der Waals surface area contributed by atoms with Gasteiger partial charge in [0.25, 0.3) is 0 Å². The van der Waals surface area contributed by atoms with Gasteiger partial charge >= 0.3 is 0 Å². The molecule has 156 valence electrons. The first-order valence-electron chi connectivity index (χ1n) is 9.71. The minimum absolute atomic E-state index is 0.0582. The molecule has 29 heavy (non-hydrogen) atoms. The Morgan fingerprint density at radius 3 is 2.38 bits per heavy atom. The maximum absolute atomic E-state index is 12.6. The molecule has 1 atom stereocenters. The van der Waals surface area contributed by atoms with Crippen LogP contribution >= 0.6 is 0 Å². The lowest BCUT2D eigenvalue weighted by Crippen LogP contribution is -2.46. The van der Waals surface area contributed by atoms with Gasteiger partial charge in [0.2, 0.25) is 15.9 Å². The Bertz CT molecular complexity index is 935. The highest BCUT2D eigenvalue weighted by Gasteiger charge is 2.26. The van der Waals surface area contributed by atoms with Crippen LogP contribution < -0.4 is 4.72 Å². The van der Waals surface area contributed by atoms with Gasteiger partial charge in [0.05, 0.1) is 24.6 Å². The molecule has 0 aromatic heterocycles. The molecule has 2 aromatic carbocycles. The summed E-state index contributed by atoms with van der Waals surface area (Å²) in [7, 11) is -3.75. The third-order valence-electron chi connectivity index (χ3n) is 5.03. The lowest BCUT2D eigenvalue weighted by Gasteiger charge is -2.33. The van der Waals surface area contributed by atoms with Crippen LogP contribution in [0.2, 0.25) is 0 Å². The summed E-state index contributed by atoms with van der Waals surface area (Å²) < 4.78 is 33.3. The highest BCUT2D eigenvalue weighted by Crippen LogP contribution is 2.24. The minimum Gasteiger partial charge on any atom is -0.370 e. The molecule has 0 saturated carbocycles. The molecule has 1 aliphatic rings. The summed E-state index contributed by atoms with van der Waals surface area (Å²) in [6, 6.07) is 16.5. The number of amides is 1. The van der Waals surface area contributed by atoms with Gasteiger partial charge in [0.1, 0.15) is 6.10 Å². The molecular weight excluding hydrogens is 388 g/mol. The lowest BCUT2D eigenvalue weighted by atomic mass is 9.87. The molecule has 6 nitrogen and oxygen atoms in total. The molecule has 2 aromatic rings. The van der Waals surface area contributed by atoms with Gasteiger partial charge in [-0.3, -0.25) is 4.79 Å². The van der Waals surface area contributed by atoms with Gasteiger partial charge in [-0.15, -0.1) is 0 Å². The molecule has 1 heterocycles. The van der Waals surface area contributed by atoms with Crippen LogP contribution in [0, 0.1) is 0 Å². The molecular formula is C22H28N2O4S. The number of ether oxygens (including phenoxy) is 1. The average Bonchev–Trinajstić information content (AvgIpc) is 2.72. The van der Waals surface area contributed by atoms with E-state index in [0.717, 1.165) is 11.1 Å². The van der Waals surface area contributed by atoms with E-state index < -0.39 is 10.0 Å². The average molecular weight is 417 g/mol. The highest BCUT2D eigenvalue weighted by molar-refractivity contribution is 7.89. The summed E-state index contributed by atoms with van der Waals surface area (Å²) in [5.41, 5.74) is 1.99. The van der Waals surface area contributed by atoms with Crippen molar-refractivity contribution in [3.63, 3.8) is 0 Å². The number of hydrogen-bond donors (Lipinski definition) is 1. The molecule has 0 unspecified atom stereocenters. The standard InChI is InChI=1S/C22H28N2O4S/c1-22(2,3)18-9-11-19(12-10-18)29(26,27)23-15-21(25)24-13-14-28-20(16-24)17-7-5-4-6-8-17/h4-12,20,23H,13-16H2,1-3H3/t20-/m0/s1. The number of carbonyl (C=O) groups excluding carboxylic acids is 1. The van der Waals surface area contributed by atoms with Crippen LogP contribution in [0.25, 0.3) is 0 Å². The van der Waals surface area contributed by atoms with Crippen LogP contribution in [-0.4, -0.2) is 45.5 Å². The zero-order valence-corrected chi connectivity index (χ0v) is 17.9. The van der Waals surface area contributed by atoms with E-state index in [0.29, 0.717) is 19.7 Å². The molecule has 0 bridgehead atoms. The quantitative estimate of drug-likeness (QED) is 0.813. The summed E-state index contributed by atoms with van der Waals surface area (Å²) in [5, 5.41) is 0. The monoisotopic (exact) mass is 416 g/mol. The Labute approximate surface area is 172 Å². The van der Waals surface area contributed by atoms with Gasteiger partial charge in [-0.1, -0.05) is 63.2 Å². The molecule has 0 spiro atoms. The SMILES string of the molecule is CC(C)(C)c1ccc(S(=O)(=O)NCC(=O)N2CCO[C@H](c3ccccc3)C2)cc1. The fourth-order valence-corrected chi connectivity index (χ4v) is 4.21. The fourth-order valence-electron chi connectivity index (χ4n) is 3.23. The normalized spacial score (nSPS) is 17.9. The van der Waals surface area contributed by atoms with E-state index in [1.165, 1.54) is 0 Å². The van der Waals surface area contributed by atoms with E-state index in [-0.39, 0.29) is 28.9 Å². The van der Waals surface area contributed by atoms with Crippen molar-refractivity contribution >= 4 is 15.9 Å². The molecule has 1 aliphatic heterocycles. The van der Waals surface area contributed by atoms with Crippen molar-refractivity contribution in [2.45, 2.75) is 37.2 Å². The third-order valence-corrected chi connectivity index (χ3v) is 6.45. The molecule has 3 rings (SSSR count). The first kappa shape index (κ1) is 21.5. The minimum atomic E-state index is -3.75. The van der Waals surface area contributed by atoms with Crippen LogP contribution in [0.4, 0.5) is 0 Å². The number of morpholine rings is 1.